The second-order valence-electron chi connectivity index (χ2n) is 11.1. The second kappa shape index (κ2) is 11.4. The van der Waals surface area contributed by atoms with Gasteiger partial charge in [-0.3, -0.25) is 4.79 Å². The number of nitrogens with zero attached hydrogens (tertiary/aromatic N) is 1. The first kappa shape index (κ1) is 28.0. The highest BCUT2D eigenvalue weighted by atomic mass is 16.6. The fraction of sp³-hybridized carbons (Fsp3) is 0.333. The Hall–Kier alpha value is -4.06. The topological polar surface area (TPSA) is 69.6 Å². The molecule has 4 aromatic rings. The van der Waals surface area contributed by atoms with Crippen LogP contribution in [0.4, 0.5) is 0 Å². The maximum Gasteiger partial charge on any atom is 0.343 e. The zero-order valence-corrected chi connectivity index (χ0v) is 23.9. The maximum absolute atomic E-state index is 13.2. The van der Waals surface area contributed by atoms with Crippen molar-refractivity contribution in [1.29, 1.82) is 0 Å². The molecule has 1 amide bonds. The third-order valence-electron chi connectivity index (χ3n) is 7.37. The van der Waals surface area contributed by atoms with Crippen LogP contribution in [0, 0.1) is 13.8 Å². The molecule has 204 valence electrons. The minimum absolute atomic E-state index is 0.0864. The van der Waals surface area contributed by atoms with Gasteiger partial charge in [0.25, 0.3) is 5.91 Å². The van der Waals surface area contributed by atoms with Gasteiger partial charge in [-0.05, 0) is 78.8 Å². The van der Waals surface area contributed by atoms with Gasteiger partial charge in [0.1, 0.15) is 5.75 Å². The summed E-state index contributed by atoms with van der Waals surface area (Å²) in [6.45, 7) is 13.4. The van der Waals surface area contributed by atoms with Gasteiger partial charge in [-0.1, -0.05) is 57.2 Å². The molecule has 1 aromatic heterocycles. The van der Waals surface area contributed by atoms with Crippen molar-refractivity contribution in [3.05, 3.63) is 100 Å². The Morgan fingerprint density at radius 1 is 0.949 bits per heavy atom. The minimum atomic E-state index is -0.416. The number of ether oxygens (including phenoxy) is 2. The number of carbonyl (C=O) groups is 2. The number of amides is 1. The number of hydrogen-bond acceptors (Lipinski definition) is 4. The number of aryl methyl sites for hydroxylation is 1. The molecule has 0 radical (unpaired) electrons. The minimum Gasteiger partial charge on any atom is -0.482 e. The van der Waals surface area contributed by atoms with Gasteiger partial charge in [-0.25, -0.2) is 4.79 Å². The first-order valence-electron chi connectivity index (χ1n) is 13.3. The molecular formula is C33H38N2O4. The fourth-order valence-electron chi connectivity index (χ4n) is 4.70. The van der Waals surface area contributed by atoms with Gasteiger partial charge in [0.05, 0.1) is 13.2 Å². The number of aromatic nitrogens is 1. The van der Waals surface area contributed by atoms with E-state index in [1.165, 1.54) is 12.7 Å². The molecule has 0 aliphatic carbocycles. The number of carbonyl (C=O) groups excluding carboxylic acids is 2. The number of hydrogen-bond donors (Lipinski definition) is 1. The van der Waals surface area contributed by atoms with Crippen LogP contribution in [0.25, 0.3) is 10.9 Å². The average Bonchev–Trinajstić information content (AvgIpc) is 3.16. The SMILES string of the molecule is COC(=O)COc1ccc(Cn2c(C)c(C)c3cc(C(=O)NC(C)c4ccc(C(C)(C)C)cc4)ccc32)cc1. The van der Waals surface area contributed by atoms with Crippen LogP contribution in [0.5, 0.6) is 5.75 Å². The molecule has 0 saturated heterocycles. The van der Waals surface area contributed by atoms with Crippen LogP contribution in [-0.2, 0) is 21.5 Å². The first-order chi connectivity index (χ1) is 18.5. The van der Waals surface area contributed by atoms with Crippen molar-refractivity contribution in [3.8, 4) is 5.75 Å². The van der Waals surface area contributed by atoms with Gasteiger partial charge in [-0.2, -0.15) is 0 Å². The Kier molecular flexibility index (Phi) is 8.14. The van der Waals surface area contributed by atoms with Crippen molar-refractivity contribution in [2.75, 3.05) is 13.7 Å². The normalized spacial score (nSPS) is 12.3. The monoisotopic (exact) mass is 526 g/mol. The first-order valence-corrected chi connectivity index (χ1v) is 13.3. The van der Waals surface area contributed by atoms with E-state index in [0.717, 1.165) is 33.3 Å². The van der Waals surface area contributed by atoms with Crippen molar-refractivity contribution in [1.82, 2.24) is 9.88 Å². The van der Waals surface area contributed by atoms with Crippen molar-refractivity contribution in [2.24, 2.45) is 0 Å². The van der Waals surface area contributed by atoms with Crippen LogP contribution >= 0.6 is 0 Å². The van der Waals surface area contributed by atoms with E-state index >= 15 is 0 Å². The number of nitrogens with one attached hydrogen (secondary N) is 1. The van der Waals surface area contributed by atoms with E-state index < -0.39 is 5.97 Å². The summed E-state index contributed by atoms with van der Waals surface area (Å²) in [6, 6.07) is 22.0. The van der Waals surface area contributed by atoms with E-state index in [1.807, 2.05) is 49.4 Å². The highest BCUT2D eigenvalue weighted by Crippen LogP contribution is 2.28. The number of fused-ring (bicyclic) bond motifs is 1. The molecule has 3 aromatic carbocycles. The summed E-state index contributed by atoms with van der Waals surface area (Å²) in [6.07, 6.45) is 0. The molecule has 0 fully saturated rings. The lowest BCUT2D eigenvalue weighted by Crippen LogP contribution is -2.26. The maximum atomic E-state index is 13.2. The molecule has 6 heteroatoms. The van der Waals surface area contributed by atoms with Crippen LogP contribution in [0.3, 0.4) is 0 Å². The number of benzene rings is 3. The highest BCUT2D eigenvalue weighted by Gasteiger charge is 2.18. The van der Waals surface area contributed by atoms with E-state index in [4.69, 9.17) is 4.74 Å². The van der Waals surface area contributed by atoms with Crippen LogP contribution < -0.4 is 10.1 Å². The van der Waals surface area contributed by atoms with Crippen LogP contribution in [0.1, 0.15) is 72.0 Å². The molecule has 6 nitrogen and oxygen atoms in total. The largest absolute Gasteiger partial charge is 0.482 e. The Labute approximate surface area is 230 Å². The molecule has 1 heterocycles. The van der Waals surface area contributed by atoms with Crippen molar-refractivity contribution in [3.63, 3.8) is 0 Å². The lowest BCUT2D eigenvalue weighted by Gasteiger charge is -2.20. The molecule has 0 aliphatic heterocycles. The van der Waals surface area contributed by atoms with Crippen LogP contribution in [0.2, 0.25) is 0 Å². The van der Waals surface area contributed by atoms with Crippen molar-refractivity contribution >= 4 is 22.8 Å². The standard InChI is InChI=1S/C33H38N2O4/c1-21-23(3)35(19-24-8-15-28(16-9-24)39-20-31(36)38-7)30-17-12-26(18-29(21)30)32(37)34-22(2)25-10-13-27(14-11-25)33(4,5)6/h8-18,22H,19-20H2,1-7H3,(H,34,37). The molecular weight excluding hydrogens is 488 g/mol. The predicted molar refractivity (Wildman–Crippen MR) is 155 cm³/mol. The lowest BCUT2D eigenvalue weighted by molar-refractivity contribution is -0.142. The van der Waals surface area contributed by atoms with Crippen LogP contribution in [0.15, 0.2) is 66.7 Å². The third kappa shape index (κ3) is 6.33. The van der Waals surface area contributed by atoms with Crippen molar-refractivity contribution < 1.29 is 19.1 Å². The lowest BCUT2D eigenvalue weighted by atomic mass is 9.86. The number of esters is 1. The summed E-state index contributed by atoms with van der Waals surface area (Å²) in [5, 5.41) is 4.23. The van der Waals surface area contributed by atoms with Gasteiger partial charge in [-0.15, -0.1) is 0 Å². The molecule has 1 N–H and O–H groups in total. The summed E-state index contributed by atoms with van der Waals surface area (Å²) in [7, 11) is 1.34. The quantitative estimate of drug-likeness (QED) is 0.261. The zero-order valence-electron chi connectivity index (χ0n) is 23.9. The molecule has 1 unspecified atom stereocenters. The Morgan fingerprint density at radius 3 is 2.23 bits per heavy atom. The molecule has 1 atom stereocenters. The highest BCUT2D eigenvalue weighted by molar-refractivity contribution is 5.99. The van der Waals surface area contributed by atoms with Gasteiger partial charge in [0, 0.05) is 28.7 Å². The van der Waals surface area contributed by atoms with Gasteiger partial charge in [0.2, 0.25) is 0 Å². The Bertz CT molecular complexity index is 1480. The molecule has 0 saturated carbocycles. The number of rotatable bonds is 8. The molecule has 4 rings (SSSR count). The molecule has 0 spiro atoms. The summed E-state index contributed by atoms with van der Waals surface area (Å²) in [5.41, 5.74) is 7.59. The van der Waals surface area contributed by atoms with E-state index in [0.29, 0.717) is 17.9 Å². The summed E-state index contributed by atoms with van der Waals surface area (Å²) in [5.74, 6) is 0.113. The Balaban J connectivity index is 1.49. The van der Waals surface area contributed by atoms with Gasteiger partial charge >= 0.3 is 5.97 Å². The van der Waals surface area contributed by atoms with Crippen molar-refractivity contribution in [2.45, 2.75) is 59.5 Å². The Morgan fingerprint density at radius 2 is 1.62 bits per heavy atom. The van der Waals surface area contributed by atoms with E-state index in [1.54, 1.807) is 0 Å². The van der Waals surface area contributed by atoms with E-state index in [9.17, 15) is 9.59 Å². The second-order valence-corrected chi connectivity index (χ2v) is 11.1. The zero-order chi connectivity index (χ0) is 28.3. The summed E-state index contributed by atoms with van der Waals surface area (Å²) < 4.78 is 12.3. The number of methoxy groups -OCH3 is 1. The van der Waals surface area contributed by atoms with Gasteiger partial charge in [0.15, 0.2) is 6.61 Å². The van der Waals surface area contributed by atoms with Crippen LogP contribution in [-0.4, -0.2) is 30.2 Å². The molecule has 0 bridgehead atoms. The van der Waals surface area contributed by atoms with E-state index in [2.05, 4.69) is 73.5 Å². The third-order valence-corrected chi connectivity index (χ3v) is 7.37. The predicted octanol–water partition coefficient (Wildman–Crippen LogP) is 6.65. The smallest absolute Gasteiger partial charge is 0.343 e. The van der Waals surface area contributed by atoms with Gasteiger partial charge < -0.3 is 19.4 Å². The fourth-order valence-corrected chi connectivity index (χ4v) is 4.70. The summed E-state index contributed by atoms with van der Waals surface area (Å²) in [4.78, 5) is 24.5. The van der Waals surface area contributed by atoms with E-state index in [-0.39, 0.29) is 24.0 Å². The molecule has 0 aliphatic rings. The average molecular weight is 527 g/mol. The molecule has 39 heavy (non-hydrogen) atoms. The summed E-state index contributed by atoms with van der Waals surface area (Å²) >= 11 is 0.